The molecule has 0 fully saturated rings. The van der Waals surface area contributed by atoms with Gasteiger partial charge in [0.15, 0.2) is 5.82 Å². The molecular formula is C21H20N4. The van der Waals surface area contributed by atoms with Gasteiger partial charge in [0.05, 0.1) is 5.39 Å². The first kappa shape index (κ1) is 15.4. The van der Waals surface area contributed by atoms with Crippen molar-refractivity contribution in [2.45, 2.75) is 13.3 Å². The van der Waals surface area contributed by atoms with E-state index in [1.807, 2.05) is 43.3 Å². The van der Waals surface area contributed by atoms with Crippen LogP contribution in [0.5, 0.6) is 0 Å². The molecule has 0 radical (unpaired) electrons. The third-order valence-electron chi connectivity index (χ3n) is 4.20. The maximum atomic E-state index is 4.77. The number of aryl methyl sites for hydroxylation is 1. The first-order chi connectivity index (χ1) is 12.3. The lowest BCUT2D eigenvalue weighted by atomic mass is 10.1. The minimum atomic E-state index is 0.733. The summed E-state index contributed by atoms with van der Waals surface area (Å²) in [5.41, 5.74) is 4.28. The summed E-state index contributed by atoms with van der Waals surface area (Å²) in [6.07, 6.45) is 0.955. The van der Waals surface area contributed by atoms with Crippen molar-refractivity contribution in [3.8, 4) is 11.4 Å². The molecule has 4 rings (SSSR count). The van der Waals surface area contributed by atoms with Crippen LogP contribution in [0.2, 0.25) is 0 Å². The molecule has 0 aliphatic heterocycles. The fourth-order valence-corrected chi connectivity index (χ4v) is 2.96. The Morgan fingerprint density at radius 1 is 0.920 bits per heavy atom. The average molecular weight is 328 g/mol. The van der Waals surface area contributed by atoms with Crippen LogP contribution in [-0.2, 0) is 6.42 Å². The van der Waals surface area contributed by atoms with Crippen molar-refractivity contribution in [2.75, 3.05) is 11.9 Å². The SMILES string of the molecule is Cc1cc2c(NCCc3ccccc3)nc(-c3ccccc3)nc2[nH]1. The van der Waals surface area contributed by atoms with E-state index in [1.54, 1.807) is 0 Å². The predicted molar refractivity (Wildman–Crippen MR) is 103 cm³/mol. The molecular weight excluding hydrogens is 308 g/mol. The molecule has 0 aliphatic carbocycles. The molecule has 4 heteroatoms. The molecule has 4 aromatic rings. The number of hydrogen-bond acceptors (Lipinski definition) is 3. The lowest BCUT2D eigenvalue weighted by Crippen LogP contribution is -2.07. The number of aromatic nitrogens is 3. The second-order valence-corrected chi connectivity index (χ2v) is 6.14. The molecule has 2 aromatic heterocycles. The van der Waals surface area contributed by atoms with Crippen LogP contribution in [0.4, 0.5) is 5.82 Å². The number of nitrogens with zero attached hydrogens (tertiary/aromatic N) is 2. The Hall–Kier alpha value is -3.14. The van der Waals surface area contributed by atoms with Gasteiger partial charge in [0, 0.05) is 17.8 Å². The molecule has 0 bridgehead atoms. The Morgan fingerprint density at radius 3 is 2.40 bits per heavy atom. The van der Waals surface area contributed by atoms with Crippen molar-refractivity contribution >= 4 is 16.9 Å². The fourth-order valence-electron chi connectivity index (χ4n) is 2.96. The monoisotopic (exact) mass is 328 g/mol. The van der Waals surface area contributed by atoms with Crippen LogP contribution in [0.15, 0.2) is 66.7 Å². The predicted octanol–water partition coefficient (Wildman–Crippen LogP) is 4.59. The Kier molecular flexibility index (Phi) is 4.17. The molecule has 2 heterocycles. The summed E-state index contributed by atoms with van der Waals surface area (Å²) in [4.78, 5) is 12.8. The van der Waals surface area contributed by atoms with Crippen LogP contribution in [0.1, 0.15) is 11.3 Å². The van der Waals surface area contributed by atoms with Gasteiger partial charge in [-0.1, -0.05) is 60.7 Å². The van der Waals surface area contributed by atoms with Crippen LogP contribution in [-0.4, -0.2) is 21.5 Å². The molecule has 2 N–H and O–H groups in total. The Bertz CT molecular complexity index is 975. The number of nitrogens with one attached hydrogen (secondary N) is 2. The van der Waals surface area contributed by atoms with Crippen LogP contribution in [0, 0.1) is 6.92 Å². The van der Waals surface area contributed by atoms with E-state index in [4.69, 9.17) is 4.98 Å². The van der Waals surface area contributed by atoms with Gasteiger partial charge in [-0.15, -0.1) is 0 Å². The van der Waals surface area contributed by atoms with Crippen LogP contribution < -0.4 is 5.32 Å². The molecule has 124 valence electrons. The van der Waals surface area contributed by atoms with Gasteiger partial charge in [-0.05, 0) is 25.0 Å². The van der Waals surface area contributed by atoms with Crippen LogP contribution in [0.25, 0.3) is 22.4 Å². The molecule has 0 aliphatic rings. The van der Waals surface area contributed by atoms with Crippen LogP contribution >= 0.6 is 0 Å². The number of fused-ring (bicyclic) bond motifs is 1. The van der Waals surface area contributed by atoms with Crippen molar-refractivity contribution in [3.63, 3.8) is 0 Å². The van der Waals surface area contributed by atoms with Gasteiger partial charge in [0.1, 0.15) is 11.5 Å². The lowest BCUT2D eigenvalue weighted by molar-refractivity contribution is 1.01. The van der Waals surface area contributed by atoms with E-state index in [-0.39, 0.29) is 0 Å². The fraction of sp³-hybridized carbons (Fsp3) is 0.143. The molecule has 0 atom stereocenters. The van der Waals surface area contributed by atoms with E-state index in [0.717, 1.165) is 46.9 Å². The Labute approximate surface area is 147 Å². The molecule has 0 saturated heterocycles. The summed E-state index contributed by atoms with van der Waals surface area (Å²) in [5, 5.41) is 4.52. The maximum absolute atomic E-state index is 4.77. The summed E-state index contributed by atoms with van der Waals surface area (Å²) in [6, 6.07) is 22.6. The second-order valence-electron chi connectivity index (χ2n) is 6.14. The first-order valence-corrected chi connectivity index (χ1v) is 8.50. The Balaban J connectivity index is 1.64. The normalized spacial score (nSPS) is 10.9. The molecule has 2 aromatic carbocycles. The van der Waals surface area contributed by atoms with E-state index in [0.29, 0.717) is 0 Å². The van der Waals surface area contributed by atoms with Crippen LogP contribution in [0.3, 0.4) is 0 Å². The second kappa shape index (κ2) is 6.77. The number of benzene rings is 2. The largest absolute Gasteiger partial charge is 0.369 e. The quantitative estimate of drug-likeness (QED) is 0.563. The van der Waals surface area contributed by atoms with E-state index in [2.05, 4.69) is 45.6 Å². The highest BCUT2D eigenvalue weighted by atomic mass is 15.1. The minimum Gasteiger partial charge on any atom is -0.369 e. The molecule has 4 nitrogen and oxygen atoms in total. The molecule has 25 heavy (non-hydrogen) atoms. The third-order valence-corrected chi connectivity index (χ3v) is 4.20. The van der Waals surface area contributed by atoms with Gasteiger partial charge in [0.25, 0.3) is 0 Å². The van der Waals surface area contributed by atoms with E-state index < -0.39 is 0 Å². The van der Waals surface area contributed by atoms with E-state index >= 15 is 0 Å². The number of hydrogen-bond donors (Lipinski definition) is 2. The molecule has 0 spiro atoms. The standard InChI is InChI=1S/C21H20N4/c1-15-14-18-20(22-13-12-16-8-4-2-5-9-16)24-19(25-21(18)23-15)17-10-6-3-7-11-17/h2-11,14H,12-13H2,1H3,(H2,22,23,24,25). The number of anilines is 1. The van der Waals surface area contributed by atoms with Gasteiger partial charge >= 0.3 is 0 Å². The van der Waals surface area contributed by atoms with E-state index in [1.165, 1.54) is 5.56 Å². The number of rotatable bonds is 5. The topological polar surface area (TPSA) is 53.6 Å². The minimum absolute atomic E-state index is 0.733. The molecule has 0 unspecified atom stereocenters. The summed E-state index contributed by atoms with van der Waals surface area (Å²) in [6.45, 7) is 2.87. The zero-order valence-electron chi connectivity index (χ0n) is 14.2. The Morgan fingerprint density at radius 2 is 1.64 bits per heavy atom. The van der Waals surface area contributed by atoms with Crippen molar-refractivity contribution in [1.82, 2.24) is 15.0 Å². The smallest absolute Gasteiger partial charge is 0.163 e. The van der Waals surface area contributed by atoms with Gasteiger partial charge in [-0.3, -0.25) is 0 Å². The van der Waals surface area contributed by atoms with Gasteiger partial charge in [-0.25, -0.2) is 9.97 Å². The van der Waals surface area contributed by atoms with Crippen molar-refractivity contribution in [1.29, 1.82) is 0 Å². The third kappa shape index (κ3) is 3.38. The number of aromatic amines is 1. The summed E-state index contributed by atoms with van der Waals surface area (Å²) >= 11 is 0. The van der Waals surface area contributed by atoms with Crippen molar-refractivity contribution in [3.05, 3.63) is 78.0 Å². The molecule has 0 amide bonds. The highest BCUT2D eigenvalue weighted by Gasteiger charge is 2.11. The highest BCUT2D eigenvalue weighted by Crippen LogP contribution is 2.25. The number of H-pyrrole nitrogens is 1. The highest BCUT2D eigenvalue weighted by molar-refractivity contribution is 5.89. The zero-order valence-corrected chi connectivity index (χ0v) is 14.2. The van der Waals surface area contributed by atoms with Crippen molar-refractivity contribution < 1.29 is 0 Å². The van der Waals surface area contributed by atoms with Gasteiger partial charge < -0.3 is 10.3 Å². The zero-order chi connectivity index (χ0) is 17.1. The summed E-state index contributed by atoms with van der Waals surface area (Å²) < 4.78 is 0. The average Bonchev–Trinajstić information content (AvgIpc) is 3.03. The first-order valence-electron chi connectivity index (χ1n) is 8.50. The lowest BCUT2D eigenvalue weighted by Gasteiger charge is -2.09. The van der Waals surface area contributed by atoms with Gasteiger partial charge in [-0.2, -0.15) is 0 Å². The van der Waals surface area contributed by atoms with Gasteiger partial charge in [0.2, 0.25) is 0 Å². The van der Waals surface area contributed by atoms with E-state index in [9.17, 15) is 0 Å². The molecule has 0 saturated carbocycles. The summed E-state index contributed by atoms with van der Waals surface area (Å²) in [5.74, 6) is 1.61. The summed E-state index contributed by atoms with van der Waals surface area (Å²) in [7, 11) is 0. The maximum Gasteiger partial charge on any atom is 0.163 e. The van der Waals surface area contributed by atoms with Crippen molar-refractivity contribution in [2.24, 2.45) is 0 Å².